The zero-order chi connectivity index (χ0) is 18.1. The molecule has 2 aromatic heterocycles. The maximum atomic E-state index is 5.30. The first-order valence-electron chi connectivity index (χ1n) is 8.56. The first-order chi connectivity index (χ1) is 12.7. The summed E-state index contributed by atoms with van der Waals surface area (Å²) in [4.78, 5) is 3.48. The molecular formula is C21H21N3O2. The number of aryl methyl sites for hydroxylation is 2. The predicted molar refractivity (Wildman–Crippen MR) is 103 cm³/mol. The molecule has 4 aromatic rings. The SMILES string of the molecule is COc1ccc(C(Nc2cc(C)on2)c2c(C)[nH]c3ccccc23)cc1. The minimum atomic E-state index is -0.0680. The molecule has 0 aliphatic carbocycles. The number of aromatic amines is 1. The summed E-state index contributed by atoms with van der Waals surface area (Å²) >= 11 is 0. The van der Waals surface area contributed by atoms with E-state index < -0.39 is 0 Å². The van der Waals surface area contributed by atoms with E-state index in [1.165, 1.54) is 10.9 Å². The normalized spacial score (nSPS) is 12.3. The first-order valence-corrected chi connectivity index (χ1v) is 8.56. The van der Waals surface area contributed by atoms with Gasteiger partial charge in [0, 0.05) is 28.2 Å². The lowest BCUT2D eigenvalue weighted by atomic mass is 9.96. The van der Waals surface area contributed by atoms with Crippen molar-refractivity contribution in [1.29, 1.82) is 0 Å². The lowest BCUT2D eigenvalue weighted by Gasteiger charge is -2.20. The molecule has 0 bridgehead atoms. The van der Waals surface area contributed by atoms with Gasteiger partial charge in [0.25, 0.3) is 0 Å². The Hall–Kier alpha value is -3.21. The fourth-order valence-corrected chi connectivity index (χ4v) is 3.37. The smallest absolute Gasteiger partial charge is 0.170 e. The average Bonchev–Trinajstić information content (AvgIpc) is 3.22. The van der Waals surface area contributed by atoms with Crippen LogP contribution in [0.1, 0.15) is 28.6 Å². The molecule has 0 spiro atoms. The number of methoxy groups -OCH3 is 1. The topological polar surface area (TPSA) is 63.1 Å². The fourth-order valence-electron chi connectivity index (χ4n) is 3.37. The van der Waals surface area contributed by atoms with Crippen molar-refractivity contribution < 1.29 is 9.26 Å². The first kappa shape index (κ1) is 16.3. The summed E-state index contributed by atoms with van der Waals surface area (Å²) in [6.45, 7) is 3.99. The molecule has 1 unspecified atom stereocenters. The van der Waals surface area contributed by atoms with E-state index in [-0.39, 0.29) is 6.04 Å². The molecule has 0 fully saturated rings. The molecule has 2 N–H and O–H groups in total. The third-order valence-electron chi connectivity index (χ3n) is 4.60. The zero-order valence-electron chi connectivity index (χ0n) is 15.0. The van der Waals surface area contributed by atoms with Gasteiger partial charge >= 0.3 is 0 Å². The predicted octanol–water partition coefficient (Wildman–Crippen LogP) is 4.98. The maximum absolute atomic E-state index is 5.30. The molecule has 2 heterocycles. The van der Waals surface area contributed by atoms with E-state index in [1.54, 1.807) is 7.11 Å². The molecule has 4 rings (SSSR count). The van der Waals surface area contributed by atoms with Gasteiger partial charge in [-0.25, -0.2) is 0 Å². The highest BCUT2D eigenvalue weighted by Crippen LogP contribution is 2.35. The molecule has 1 atom stereocenters. The number of benzene rings is 2. The molecule has 0 radical (unpaired) electrons. The summed E-state index contributed by atoms with van der Waals surface area (Å²) in [5.41, 5.74) is 4.57. The van der Waals surface area contributed by atoms with Crippen LogP contribution in [0.3, 0.4) is 0 Å². The number of nitrogens with zero attached hydrogens (tertiary/aromatic N) is 1. The number of H-pyrrole nitrogens is 1. The number of para-hydroxylation sites is 1. The van der Waals surface area contributed by atoms with Gasteiger partial charge in [0.2, 0.25) is 0 Å². The van der Waals surface area contributed by atoms with E-state index in [9.17, 15) is 0 Å². The second kappa shape index (κ2) is 6.59. The Labute approximate surface area is 152 Å². The van der Waals surface area contributed by atoms with Gasteiger partial charge in [-0.05, 0) is 37.6 Å². The summed E-state index contributed by atoms with van der Waals surface area (Å²) in [6, 6.07) is 18.3. The Bertz CT molecular complexity index is 1030. The van der Waals surface area contributed by atoms with Crippen LogP contribution < -0.4 is 10.1 Å². The number of anilines is 1. The molecule has 0 saturated heterocycles. The van der Waals surface area contributed by atoms with Crippen LogP contribution >= 0.6 is 0 Å². The van der Waals surface area contributed by atoms with Crippen LogP contribution in [0.4, 0.5) is 5.82 Å². The zero-order valence-corrected chi connectivity index (χ0v) is 15.0. The molecule has 5 heteroatoms. The van der Waals surface area contributed by atoms with Gasteiger partial charge in [-0.1, -0.05) is 35.5 Å². The molecule has 0 aliphatic rings. The van der Waals surface area contributed by atoms with E-state index in [2.05, 4.69) is 52.7 Å². The number of hydrogen-bond donors (Lipinski definition) is 2. The third kappa shape index (κ3) is 2.92. The van der Waals surface area contributed by atoms with Crippen LogP contribution in [0, 0.1) is 13.8 Å². The maximum Gasteiger partial charge on any atom is 0.170 e. The van der Waals surface area contributed by atoms with Crippen LogP contribution in [0.15, 0.2) is 59.1 Å². The highest BCUT2D eigenvalue weighted by atomic mass is 16.5. The Kier molecular flexibility index (Phi) is 4.13. The summed E-state index contributed by atoms with van der Waals surface area (Å²) in [5, 5.41) is 8.83. The van der Waals surface area contributed by atoms with Gasteiger partial charge in [0.1, 0.15) is 11.5 Å². The van der Waals surface area contributed by atoms with Crippen molar-refractivity contribution in [3.05, 3.63) is 77.2 Å². The number of fused-ring (bicyclic) bond motifs is 1. The average molecular weight is 347 g/mol. The van der Waals surface area contributed by atoms with E-state index in [4.69, 9.17) is 9.26 Å². The van der Waals surface area contributed by atoms with Crippen molar-refractivity contribution in [3.63, 3.8) is 0 Å². The van der Waals surface area contributed by atoms with Gasteiger partial charge in [0.05, 0.1) is 13.2 Å². The Morgan fingerprint density at radius 1 is 1.08 bits per heavy atom. The summed E-state index contributed by atoms with van der Waals surface area (Å²) in [5.74, 6) is 2.32. The van der Waals surface area contributed by atoms with Gasteiger partial charge in [-0.3, -0.25) is 0 Å². The van der Waals surface area contributed by atoms with Crippen molar-refractivity contribution in [3.8, 4) is 5.75 Å². The lowest BCUT2D eigenvalue weighted by molar-refractivity contribution is 0.399. The minimum absolute atomic E-state index is 0.0680. The van der Waals surface area contributed by atoms with Crippen LogP contribution in [0.25, 0.3) is 10.9 Å². The van der Waals surface area contributed by atoms with Crippen LogP contribution in [-0.2, 0) is 0 Å². The fraction of sp³-hybridized carbons (Fsp3) is 0.190. The lowest BCUT2D eigenvalue weighted by Crippen LogP contribution is -2.13. The number of ether oxygens (including phenoxy) is 1. The molecule has 0 amide bonds. The third-order valence-corrected chi connectivity index (χ3v) is 4.60. The number of aromatic nitrogens is 2. The standard InChI is InChI=1S/C21H21N3O2/c1-13-12-19(24-26-13)23-21(15-8-10-16(25-3)11-9-15)20-14(2)22-18-7-5-4-6-17(18)20/h4-12,21-22H,1-3H3,(H,23,24). The quantitative estimate of drug-likeness (QED) is 0.534. The van der Waals surface area contributed by atoms with Crippen molar-refractivity contribution in [2.24, 2.45) is 0 Å². The molecular weight excluding hydrogens is 326 g/mol. The Balaban J connectivity index is 1.84. The van der Waals surface area contributed by atoms with Crippen LogP contribution in [0.5, 0.6) is 5.75 Å². The molecule has 2 aromatic carbocycles. The number of rotatable bonds is 5. The van der Waals surface area contributed by atoms with Gasteiger partial charge in [0.15, 0.2) is 5.82 Å². The Morgan fingerprint density at radius 3 is 2.54 bits per heavy atom. The highest BCUT2D eigenvalue weighted by molar-refractivity contribution is 5.86. The van der Waals surface area contributed by atoms with Gasteiger partial charge in [-0.15, -0.1) is 0 Å². The molecule has 26 heavy (non-hydrogen) atoms. The van der Waals surface area contributed by atoms with Crippen molar-refractivity contribution in [2.45, 2.75) is 19.9 Å². The second-order valence-corrected chi connectivity index (χ2v) is 6.38. The van der Waals surface area contributed by atoms with Crippen molar-refractivity contribution in [1.82, 2.24) is 10.1 Å². The van der Waals surface area contributed by atoms with Crippen molar-refractivity contribution >= 4 is 16.7 Å². The van der Waals surface area contributed by atoms with E-state index in [0.717, 1.165) is 28.3 Å². The van der Waals surface area contributed by atoms with Crippen LogP contribution in [-0.4, -0.2) is 17.3 Å². The van der Waals surface area contributed by atoms with E-state index in [1.807, 2.05) is 31.2 Å². The number of hydrogen-bond acceptors (Lipinski definition) is 4. The molecule has 0 aliphatic heterocycles. The Morgan fingerprint density at radius 2 is 1.85 bits per heavy atom. The van der Waals surface area contributed by atoms with E-state index in [0.29, 0.717) is 5.82 Å². The summed E-state index contributed by atoms with van der Waals surface area (Å²) in [6.07, 6.45) is 0. The van der Waals surface area contributed by atoms with Gasteiger partial charge in [-0.2, -0.15) is 0 Å². The highest BCUT2D eigenvalue weighted by Gasteiger charge is 2.22. The minimum Gasteiger partial charge on any atom is -0.497 e. The largest absolute Gasteiger partial charge is 0.497 e. The monoisotopic (exact) mass is 347 g/mol. The summed E-state index contributed by atoms with van der Waals surface area (Å²) in [7, 11) is 1.67. The number of nitrogens with one attached hydrogen (secondary N) is 2. The van der Waals surface area contributed by atoms with Crippen LogP contribution in [0.2, 0.25) is 0 Å². The molecule has 0 saturated carbocycles. The van der Waals surface area contributed by atoms with Gasteiger partial charge < -0.3 is 19.6 Å². The van der Waals surface area contributed by atoms with E-state index >= 15 is 0 Å². The molecule has 5 nitrogen and oxygen atoms in total. The second-order valence-electron chi connectivity index (χ2n) is 6.38. The summed E-state index contributed by atoms with van der Waals surface area (Å²) < 4.78 is 10.5. The molecule has 132 valence electrons. The van der Waals surface area contributed by atoms with Crippen molar-refractivity contribution in [2.75, 3.05) is 12.4 Å².